The van der Waals surface area contributed by atoms with Crippen molar-refractivity contribution in [2.75, 3.05) is 0 Å². The molecule has 0 saturated carbocycles. The summed E-state index contributed by atoms with van der Waals surface area (Å²) < 4.78 is 21.6. The lowest BCUT2D eigenvalue weighted by atomic mass is 10.4. The third-order valence-electron chi connectivity index (χ3n) is 1.16. The largest absolute Gasteiger partial charge is 0.238 e. The van der Waals surface area contributed by atoms with Crippen LogP contribution >= 0.6 is 23.2 Å². The van der Waals surface area contributed by atoms with Crippen LogP contribution in [0.25, 0.3) is 0 Å². The average molecular weight is 226 g/mol. The van der Waals surface area contributed by atoms with E-state index >= 15 is 0 Å². The molecule has 0 unspecified atom stereocenters. The van der Waals surface area contributed by atoms with Crippen LogP contribution in [0.4, 0.5) is 0 Å². The highest BCUT2D eigenvalue weighted by Crippen LogP contribution is 2.21. The zero-order chi connectivity index (χ0) is 9.35. The van der Waals surface area contributed by atoms with E-state index < -0.39 is 10.0 Å². The molecule has 0 atom stereocenters. The van der Waals surface area contributed by atoms with Crippen molar-refractivity contribution in [2.24, 2.45) is 5.14 Å². The molecule has 1 aromatic carbocycles. The summed E-state index contributed by atoms with van der Waals surface area (Å²) in [6.07, 6.45) is 0. The Bertz CT molecular complexity index is 382. The fourth-order valence-electron chi connectivity index (χ4n) is 0.693. The Morgan fingerprint density at radius 3 is 1.83 bits per heavy atom. The van der Waals surface area contributed by atoms with Crippen molar-refractivity contribution in [3.8, 4) is 0 Å². The molecule has 0 fully saturated rings. The summed E-state index contributed by atoms with van der Waals surface area (Å²) in [5, 5.41) is 5.33. The summed E-state index contributed by atoms with van der Waals surface area (Å²) in [6.45, 7) is 0. The van der Waals surface area contributed by atoms with Gasteiger partial charge in [-0.05, 0) is 18.2 Å². The fourth-order valence-corrected chi connectivity index (χ4v) is 1.93. The zero-order valence-corrected chi connectivity index (χ0v) is 8.12. The van der Waals surface area contributed by atoms with Gasteiger partial charge < -0.3 is 0 Å². The topological polar surface area (TPSA) is 60.2 Å². The normalized spacial score (nSPS) is 11.6. The molecule has 3 nitrogen and oxygen atoms in total. The number of primary sulfonamides is 1. The van der Waals surface area contributed by atoms with Crippen LogP contribution in [0.2, 0.25) is 10.0 Å². The van der Waals surface area contributed by atoms with Gasteiger partial charge in [0.05, 0.1) is 4.90 Å². The zero-order valence-electron chi connectivity index (χ0n) is 5.79. The number of halogens is 2. The lowest BCUT2D eigenvalue weighted by molar-refractivity contribution is 0.598. The highest BCUT2D eigenvalue weighted by molar-refractivity contribution is 7.89. The van der Waals surface area contributed by atoms with Gasteiger partial charge in [0.15, 0.2) is 0 Å². The molecule has 0 aliphatic carbocycles. The maximum absolute atomic E-state index is 10.8. The predicted molar refractivity (Wildman–Crippen MR) is 47.8 cm³/mol. The Morgan fingerprint density at radius 1 is 1.08 bits per heavy atom. The summed E-state index contributed by atoms with van der Waals surface area (Å²) in [6, 6.07) is 3.91. The van der Waals surface area contributed by atoms with Gasteiger partial charge in [0, 0.05) is 10.0 Å². The lowest BCUT2D eigenvalue weighted by Gasteiger charge is -1.98. The van der Waals surface area contributed by atoms with Gasteiger partial charge >= 0.3 is 0 Å². The molecular weight excluding hydrogens is 221 g/mol. The van der Waals surface area contributed by atoms with E-state index in [9.17, 15) is 8.42 Å². The van der Waals surface area contributed by atoms with Crippen molar-refractivity contribution >= 4 is 33.2 Å². The Kier molecular flexibility index (Phi) is 2.63. The highest BCUT2D eigenvalue weighted by atomic mass is 35.5. The minimum Gasteiger partial charge on any atom is -0.225 e. The van der Waals surface area contributed by atoms with Crippen molar-refractivity contribution in [1.29, 1.82) is 0 Å². The molecule has 0 heterocycles. The van der Waals surface area contributed by atoms with Crippen LogP contribution in [0.3, 0.4) is 0 Å². The predicted octanol–water partition coefficient (Wildman–Crippen LogP) is 1.64. The molecule has 0 radical (unpaired) electrons. The minimum absolute atomic E-state index is 0.0833. The Morgan fingerprint density at radius 2 is 1.50 bits per heavy atom. The molecule has 0 aromatic heterocycles. The summed E-state index contributed by atoms with van der Waals surface area (Å²) >= 11 is 11.1. The Balaban J connectivity index is 3.37. The molecule has 2 N–H and O–H groups in total. The molecule has 0 aliphatic heterocycles. The standard InChI is InChI=1S/C6H5Cl2NO2S/c7-4-1-5(8)3-6(2-4)12(9,10)11/h1-3H,(H2,9,10,11). The van der Waals surface area contributed by atoms with Gasteiger partial charge in [0.1, 0.15) is 0 Å². The molecule has 0 bridgehead atoms. The maximum atomic E-state index is 10.8. The fraction of sp³-hybridized carbons (Fsp3) is 0. The second kappa shape index (κ2) is 3.22. The van der Waals surface area contributed by atoms with E-state index in [4.69, 9.17) is 28.3 Å². The number of hydrogen-bond donors (Lipinski definition) is 1. The monoisotopic (exact) mass is 225 g/mol. The molecule has 1 aromatic rings. The number of benzene rings is 1. The second-order valence-corrected chi connectivity index (χ2v) is 4.58. The van der Waals surface area contributed by atoms with Crippen LogP contribution in [0.15, 0.2) is 23.1 Å². The molecule has 6 heteroatoms. The van der Waals surface area contributed by atoms with Crippen LogP contribution in [0.1, 0.15) is 0 Å². The van der Waals surface area contributed by atoms with Crippen LogP contribution in [-0.4, -0.2) is 8.42 Å². The molecule has 0 amide bonds. The van der Waals surface area contributed by atoms with Crippen molar-refractivity contribution in [2.45, 2.75) is 4.90 Å². The Hall–Kier alpha value is -0.290. The first-order valence-corrected chi connectivity index (χ1v) is 5.19. The summed E-state index contributed by atoms with van der Waals surface area (Å²) in [4.78, 5) is -0.0833. The van der Waals surface area contributed by atoms with E-state index in [-0.39, 0.29) is 14.9 Å². The SMILES string of the molecule is NS(=O)(=O)c1cc(Cl)cc(Cl)c1. The molecule has 0 aliphatic rings. The first kappa shape index (κ1) is 9.80. The number of nitrogens with two attached hydrogens (primary N) is 1. The second-order valence-electron chi connectivity index (χ2n) is 2.15. The molecule has 0 saturated heterocycles. The van der Waals surface area contributed by atoms with E-state index in [2.05, 4.69) is 0 Å². The molecule has 12 heavy (non-hydrogen) atoms. The summed E-state index contributed by atoms with van der Waals surface area (Å²) in [5.41, 5.74) is 0. The highest BCUT2D eigenvalue weighted by Gasteiger charge is 2.08. The van der Waals surface area contributed by atoms with Gasteiger partial charge in [0.25, 0.3) is 0 Å². The van der Waals surface area contributed by atoms with Crippen LogP contribution < -0.4 is 5.14 Å². The summed E-state index contributed by atoms with van der Waals surface area (Å²) in [5.74, 6) is 0. The third kappa shape index (κ3) is 2.35. The van der Waals surface area contributed by atoms with Gasteiger partial charge in [-0.1, -0.05) is 23.2 Å². The van der Waals surface area contributed by atoms with E-state index in [0.717, 1.165) is 0 Å². The van der Waals surface area contributed by atoms with Crippen molar-refractivity contribution in [3.63, 3.8) is 0 Å². The van der Waals surface area contributed by atoms with Gasteiger partial charge in [-0.15, -0.1) is 0 Å². The van der Waals surface area contributed by atoms with E-state index in [1.54, 1.807) is 0 Å². The first-order chi connectivity index (χ1) is 5.39. The van der Waals surface area contributed by atoms with Gasteiger partial charge in [-0.2, -0.15) is 0 Å². The number of rotatable bonds is 1. The molecule has 66 valence electrons. The van der Waals surface area contributed by atoms with Crippen molar-refractivity contribution < 1.29 is 8.42 Å². The van der Waals surface area contributed by atoms with Crippen molar-refractivity contribution in [1.82, 2.24) is 0 Å². The minimum atomic E-state index is -3.72. The van der Waals surface area contributed by atoms with Crippen LogP contribution in [0, 0.1) is 0 Å². The molecule has 0 spiro atoms. The average Bonchev–Trinajstić information content (AvgIpc) is 1.82. The van der Waals surface area contributed by atoms with Gasteiger partial charge in [0.2, 0.25) is 10.0 Å². The Labute approximate surface area is 80.1 Å². The van der Waals surface area contributed by atoms with E-state index in [1.807, 2.05) is 0 Å². The van der Waals surface area contributed by atoms with Crippen molar-refractivity contribution in [3.05, 3.63) is 28.2 Å². The first-order valence-electron chi connectivity index (χ1n) is 2.88. The van der Waals surface area contributed by atoms with Crippen LogP contribution in [-0.2, 0) is 10.0 Å². The van der Waals surface area contributed by atoms with Crippen LogP contribution in [0.5, 0.6) is 0 Å². The van der Waals surface area contributed by atoms with Gasteiger partial charge in [-0.25, -0.2) is 13.6 Å². The number of hydrogen-bond acceptors (Lipinski definition) is 2. The smallest absolute Gasteiger partial charge is 0.225 e. The summed E-state index contributed by atoms with van der Waals surface area (Å²) in [7, 11) is -3.72. The third-order valence-corrected chi connectivity index (χ3v) is 2.49. The van der Waals surface area contributed by atoms with E-state index in [1.165, 1.54) is 18.2 Å². The molecule has 1 rings (SSSR count). The maximum Gasteiger partial charge on any atom is 0.238 e. The quantitative estimate of drug-likeness (QED) is 0.791. The number of sulfonamides is 1. The lowest BCUT2D eigenvalue weighted by Crippen LogP contribution is -2.11. The molecular formula is C6H5Cl2NO2S. The van der Waals surface area contributed by atoms with E-state index in [0.29, 0.717) is 0 Å². The van der Waals surface area contributed by atoms with Gasteiger partial charge in [-0.3, -0.25) is 0 Å².